The molecule has 0 saturated carbocycles. The predicted octanol–water partition coefficient (Wildman–Crippen LogP) is 3.57. The molecule has 0 aromatic carbocycles. The second-order valence-electron chi connectivity index (χ2n) is 3.03. The topological polar surface area (TPSA) is 17.1 Å². The van der Waals surface area contributed by atoms with Gasteiger partial charge in [0.15, 0.2) is 5.94 Å². The quantitative estimate of drug-likeness (QED) is 0.493. The zero-order valence-electron chi connectivity index (χ0n) is 13.1. The Morgan fingerprint density at radius 2 is 0.500 bits per heavy atom. The summed E-state index contributed by atoms with van der Waals surface area (Å²) in [5.74, 6) is 1.37. The molecule has 0 amide bonds. The van der Waals surface area contributed by atoms with Crippen LogP contribution in [-0.2, 0) is 4.79 Å². The summed E-state index contributed by atoms with van der Waals surface area (Å²) in [5, 5.41) is 0. The smallest absolute Gasteiger partial charge is 0.186 e. The van der Waals surface area contributed by atoms with Crippen molar-refractivity contribution in [1.82, 2.24) is 0 Å². The maximum atomic E-state index is 9.73. The summed E-state index contributed by atoms with van der Waals surface area (Å²) < 4.78 is 0. The van der Waals surface area contributed by atoms with Gasteiger partial charge >= 0.3 is 0 Å². The lowest BCUT2D eigenvalue weighted by Gasteiger charge is -1.40. The lowest BCUT2D eigenvalue weighted by atomic mass is 10.6. The summed E-state index contributed by atoms with van der Waals surface area (Å²) >= 11 is 0. The highest BCUT2D eigenvalue weighted by Gasteiger charge is 1.43. The first-order valence-corrected chi connectivity index (χ1v) is 6.31. The van der Waals surface area contributed by atoms with E-state index in [1.54, 1.807) is 0 Å². The van der Waals surface area contributed by atoms with Gasteiger partial charge in [-0.1, -0.05) is 5.73 Å². The monoisotopic (exact) mass is 318 g/mol. The fraction of sp³-hybridized carbons (Fsp3) is 0. The Hall–Kier alpha value is -5.61. The van der Waals surface area contributed by atoms with Crippen LogP contribution in [-0.4, -0.2) is 5.94 Å². The maximum absolute atomic E-state index is 9.73. The largest absolute Gasteiger partial charge is 0.223 e. The second-order valence-corrected chi connectivity index (χ2v) is 3.03. The number of hydrogen-bond acceptors (Lipinski definition) is 1. The van der Waals surface area contributed by atoms with Gasteiger partial charge in [-0.15, -0.1) is 0 Å². The predicted molar refractivity (Wildman–Crippen MR) is 92.1 cm³/mol. The van der Waals surface area contributed by atoms with Gasteiger partial charge in [-0.2, -0.15) is 0 Å². The van der Waals surface area contributed by atoms with Gasteiger partial charge in [-0.25, -0.2) is 4.79 Å². The molecule has 0 rings (SSSR count). The lowest BCUT2D eigenvalue weighted by molar-refractivity contribution is 0.569. The van der Waals surface area contributed by atoms with Crippen LogP contribution in [0.25, 0.3) is 0 Å². The molecular formula is C25H2O. The van der Waals surface area contributed by atoms with Crippen LogP contribution in [0.5, 0.6) is 0 Å². The van der Waals surface area contributed by atoms with E-state index in [-0.39, 0.29) is 0 Å². The minimum absolute atomic E-state index is 1.37. The van der Waals surface area contributed by atoms with Crippen LogP contribution in [0.1, 0.15) is 0 Å². The van der Waals surface area contributed by atoms with Crippen molar-refractivity contribution in [1.29, 1.82) is 0 Å². The second kappa shape index (κ2) is 19.4. The SMILES string of the molecule is C=C=C=C=C=C=C=C=C=C=C=C=C=C=C=C=C=C=C=C=C=C=C=C=C=O. The van der Waals surface area contributed by atoms with E-state index in [1.165, 1.54) is 5.94 Å². The van der Waals surface area contributed by atoms with Gasteiger partial charge < -0.3 is 0 Å². The molecule has 0 atom stereocenters. The Morgan fingerprint density at radius 1 is 0.308 bits per heavy atom. The van der Waals surface area contributed by atoms with E-state index in [0.717, 1.165) is 0 Å². The van der Waals surface area contributed by atoms with E-state index < -0.39 is 0 Å². The minimum Gasteiger partial charge on any atom is -0.223 e. The Balaban J connectivity index is 5.89. The van der Waals surface area contributed by atoms with Crippen molar-refractivity contribution in [3.8, 4) is 0 Å². The summed E-state index contributed by atoms with van der Waals surface area (Å²) in [5.41, 5.74) is 55.6. The molecule has 26 heavy (non-hydrogen) atoms. The number of rotatable bonds is 0. The molecule has 0 radical (unpaired) electrons. The van der Waals surface area contributed by atoms with Crippen LogP contribution in [0, 0.1) is 0 Å². The summed E-state index contributed by atoms with van der Waals surface area (Å²) in [6.07, 6.45) is 0. The molecule has 0 saturated heterocycles. The van der Waals surface area contributed by atoms with E-state index in [9.17, 15) is 4.79 Å². The van der Waals surface area contributed by atoms with Crippen molar-refractivity contribution in [2.45, 2.75) is 0 Å². The van der Waals surface area contributed by atoms with Crippen molar-refractivity contribution in [2.75, 3.05) is 0 Å². The zero-order valence-corrected chi connectivity index (χ0v) is 13.1. The lowest BCUT2D eigenvalue weighted by Crippen LogP contribution is -1.29. The van der Waals surface area contributed by atoms with E-state index in [2.05, 4.69) is 133 Å². The van der Waals surface area contributed by atoms with Crippen molar-refractivity contribution >= 4 is 5.94 Å². The average molecular weight is 318 g/mol. The molecule has 0 aliphatic heterocycles. The van der Waals surface area contributed by atoms with E-state index in [4.69, 9.17) is 0 Å². The van der Waals surface area contributed by atoms with Crippen LogP contribution >= 0.6 is 0 Å². The molecule has 0 aromatic heterocycles. The summed E-state index contributed by atoms with van der Waals surface area (Å²) in [7, 11) is 0. The van der Waals surface area contributed by atoms with Gasteiger partial charge in [0.2, 0.25) is 0 Å². The molecule has 0 heterocycles. The van der Waals surface area contributed by atoms with Crippen molar-refractivity contribution < 1.29 is 4.79 Å². The number of carbonyl (C=O) groups excluding carboxylic acids is 1. The first-order valence-electron chi connectivity index (χ1n) is 6.31. The summed E-state index contributed by atoms with van der Waals surface area (Å²) in [4.78, 5) is 9.73. The molecule has 108 valence electrons. The molecule has 0 unspecified atom stereocenters. The Bertz CT molecular complexity index is 1370. The molecule has 0 fully saturated rings. The molecule has 0 spiro atoms. The third kappa shape index (κ3) is 18.4. The molecule has 1 nitrogen and oxygen atoms in total. The highest BCUT2D eigenvalue weighted by atomic mass is 16.1. The van der Waals surface area contributed by atoms with Gasteiger partial charge in [0.25, 0.3) is 0 Å². The maximum Gasteiger partial charge on any atom is 0.186 e. The standard InChI is InChI=1S/C25H2O/c1-2-3-4-5-6-7-8-9-10-11-12-13-14-15-16-17-18-19-20-21-22-23-24-25-26/h1H2. The molecule has 0 bridgehead atoms. The van der Waals surface area contributed by atoms with Crippen molar-refractivity contribution in [2.24, 2.45) is 0 Å². The van der Waals surface area contributed by atoms with Crippen LogP contribution in [0.4, 0.5) is 0 Å². The van der Waals surface area contributed by atoms with Crippen LogP contribution in [0.15, 0.2) is 138 Å². The van der Waals surface area contributed by atoms with Gasteiger partial charge in [0, 0.05) is 80.2 Å². The van der Waals surface area contributed by atoms with Gasteiger partial charge in [0.05, 0.1) is 0 Å². The van der Waals surface area contributed by atoms with Crippen molar-refractivity contribution in [3.05, 3.63) is 138 Å². The van der Waals surface area contributed by atoms with E-state index in [0.29, 0.717) is 0 Å². The molecule has 1 heteroatoms. The Morgan fingerprint density at radius 3 is 0.692 bits per heavy atom. The normalized spacial score (nSPS) is 3.85. The minimum atomic E-state index is 1.37. The van der Waals surface area contributed by atoms with Gasteiger partial charge in [0.1, 0.15) is 0 Å². The van der Waals surface area contributed by atoms with Gasteiger partial charge in [-0.3, -0.25) is 0 Å². The zero-order chi connectivity index (χ0) is 19.0. The van der Waals surface area contributed by atoms with Gasteiger partial charge in [-0.05, 0) is 52.4 Å². The molecular weight excluding hydrogens is 316 g/mol. The average Bonchev–Trinajstić information content (AvgIpc) is 2.66. The fourth-order valence-electron chi connectivity index (χ4n) is 0.695. The molecule has 0 aliphatic rings. The third-order valence-corrected chi connectivity index (χ3v) is 1.45. The fourth-order valence-corrected chi connectivity index (χ4v) is 0.695. The van der Waals surface area contributed by atoms with Crippen LogP contribution < -0.4 is 0 Å². The van der Waals surface area contributed by atoms with Crippen LogP contribution in [0.3, 0.4) is 0 Å². The summed E-state index contributed by atoms with van der Waals surface area (Å²) in [6, 6.07) is 0. The van der Waals surface area contributed by atoms with Crippen molar-refractivity contribution in [3.63, 3.8) is 0 Å². The first kappa shape index (κ1) is 20.4. The molecule has 0 N–H and O–H groups in total. The highest BCUT2D eigenvalue weighted by Crippen LogP contribution is 1.58. The Kier molecular flexibility index (Phi) is 15.2. The van der Waals surface area contributed by atoms with Crippen LogP contribution in [0.2, 0.25) is 0 Å². The van der Waals surface area contributed by atoms with E-state index >= 15 is 0 Å². The highest BCUT2D eigenvalue weighted by molar-refractivity contribution is 5.43. The Labute approximate surface area is 149 Å². The molecule has 0 aromatic rings. The number of hydrogen-bond donors (Lipinski definition) is 0. The molecule has 0 aliphatic carbocycles. The summed E-state index contributed by atoms with van der Waals surface area (Å²) in [6.45, 7) is 3.30. The third-order valence-electron chi connectivity index (χ3n) is 1.45. The first-order chi connectivity index (χ1) is 12.9. The van der Waals surface area contributed by atoms with E-state index in [1.807, 2.05) is 5.73 Å².